The molecule has 0 bridgehead atoms. The van der Waals surface area contributed by atoms with Crippen molar-refractivity contribution in [3.8, 4) is 0 Å². The summed E-state index contributed by atoms with van der Waals surface area (Å²) in [6.45, 7) is 3.67. The molecule has 21 heavy (non-hydrogen) atoms. The Balaban J connectivity index is 2.06. The molecule has 0 spiro atoms. The first-order chi connectivity index (χ1) is 9.91. The average molecular weight is 312 g/mol. The molecule has 1 saturated heterocycles. The normalized spacial score (nSPS) is 17.5. The van der Waals surface area contributed by atoms with Crippen molar-refractivity contribution in [2.75, 3.05) is 32.4 Å². The van der Waals surface area contributed by atoms with E-state index in [0.29, 0.717) is 44.0 Å². The SMILES string of the molecule is CCc1ncc(C(=O)N2CCCN(S(C)(=O)=O)CC2)cn1. The maximum atomic E-state index is 12.4. The summed E-state index contributed by atoms with van der Waals surface area (Å²) in [5.41, 5.74) is 0.444. The molecule has 1 amide bonds. The number of hydrogen-bond acceptors (Lipinski definition) is 5. The molecule has 8 heteroatoms. The largest absolute Gasteiger partial charge is 0.337 e. The van der Waals surface area contributed by atoms with Gasteiger partial charge in [0.15, 0.2) is 0 Å². The van der Waals surface area contributed by atoms with Gasteiger partial charge in [-0.05, 0) is 6.42 Å². The van der Waals surface area contributed by atoms with Crippen LogP contribution in [0, 0.1) is 0 Å². The summed E-state index contributed by atoms with van der Waals surface area (Å²) in [6, 6.07) is 0. The number of aromatic nitrogens is 2. The van der Waals surface area contributed by atoms with Gasteiger partial charge in [-0.2, -0.15) is 0 Å². The lowest BCUT2D eigenvalue weighted by atomic mass is 10.2. The number of hydrogen-bond donors (Lipinski definition) is 0. The highest BCUT2D eigenvalue weighted by Gasteiger charge is 2.24. The molecule has 1 aliphatic rings. The van der Waals surface area contributed by atoms with Gasteiger partial charge >= 0.3 is 0 Å². The molecule has 1 aromatic heterocycles. The van der Waals surface area contributed by atoms with Gasteiger partial charge in [0, 0.05) is 45.0 Å². The maximum absolute atomic E-state index is 12.4. The van der Waals surface area contributed by atoms with Gasteiger partial charge in [0.05, 0.1) is 11.8 Å². The molecule has 116 valence electrons. The minimum atomic E-state index is -3.20. The summed E-state index contributed by atoms with van der Waals surface area (Å²) in [7, 11) is -3.20. The van der Waals surface area contributed by atoms with Crippen LogP contribution < -0.4 is 0 Å². The summed E-state index contributed by atoms with van der Waals surface area (Å²) in [5, 5.41) is 0. The van der Waals surface area contributed by atoms with Crippen LogP contribution in [-0.4, -0.2) is 65.9 Å². The van der Waals surface area contributed by atoms with Gasteiger partial charge in [-0.25, -0.2) is 22.7 Å². The van der Waals surface area contributed by atoms with Crippen LogP contribution in [-0.2, 0) is 16.4 Å². The molecule has 1 aromatic rings. The molecule has 0 saturated carbocycles. The van der Waals surface area contributed by atoms with E-state index in [4.69, 9.17) is 0 Å². The molecule has 7 nitrogen and oxygen atoms in total. The van der Waals surface area contributed by atoms with Crippen LogP contribution in [0.1, 0.15) is 29.5 Å². The molecule has 0 N–H and O–H groups in total. The topological polar surface area (TPSA) is 83.5 Å². The van der Waals surface area contributed by atoms with Gasteiger partial charge < -0.3 is 4.90 Å². The minimum Gasteiger partial charge on any atom is -0.337 e. The maximum Gasteiger partial charge on any atom is 0.257 e. The van der Waals surface area contributed by atoms with Gasteiger partial charge in [0.25, 0.3) is 5.91 Å². The van der Waals surface area contributed by atoms with Gasteiger partial charge in [-0.3, -0.25) is 4.79 Å². The second-order valence-electron chi connectivity index (χ2n) is 5.05. The van der Waals surface area contributed by atoms with E-state index in [0.717, 1.165) is 6.42 Å². The standard InChI is InChI=1S/C13H20N4O3S/c1-3-12-14-9-11(10-15-12)13(18)16-5-4-6-17(8-7-16)21(2,19)20/h9-10H,3-8H2,1-2H3. The second kappa shape index (κ2) is 6.48. The third-order valence-corrected chi connectivity index (χ3v) is 4.78. The Bertz CT molecular complexity index is 600. The van der Waals surface area contributed by atoms with E-state index in [2.05, 4.69) is 9.97 Å². The fourth-order valence-electron chi connectivity index (χ4n) is 2.26. The monoisotopic (exact) mass is 312 g/mol. The molecule has 0 aliphatic carbocycles. The highest BCUT2D eigenvalue weighted by molar-refractivity contribution is 7.88. The number of rotatable bonds is 3. The fraction of sp³-hybridized carbons (Fsp3) is 0.615. The van der Waals surface area contributed by atoms with Crippen molar-refractivity contribution in [2.24, 2.45) is 0 Å². The summed E-state index contributed by atoms with van der Waals surface area (Å²) in [6.07, 6.45) is 5.62. The van der Waals surface area contributed by atoms with Crippen molar-refractivity contribution in [1.82, 2.24) is 19.2 Å². The van der Waals surface area contributed by atoms with E-state index >= 15 is 0 Å². The van der Waals surface area contributed by atoms with E-state index in [1.807, 2.05) is 6.92 Å². The van der Waals surface area contributed by atoms with Crippen molar-refractivity contribution in [2.45, 2.75) is 19.8 Å². The Morgan fingerprint density at radius 3 is 2.43 bits per heavy atom. The first-order valence-corrected chi connectivity index (χ1v) is 8.82. The fourth-order valence-corrected chi connectivity index (χ4v) is 3.13. The zero-order chi connectivity index (χ0) is 15.5. The molecule has 1 fully saturated rings. The van der Waals surface area contributed by atoms with Crippen molar-refractivity contribution in [3.63, 3.8) is 0 Å². The number of carbonyl (C=O) groups is 1. The van der Waals surface area contributed by atoms with Gasteiger partial charge in [-0.1, -0.05) is 6.92 Å². The quantitative estimate of drug-likeness (QED) is 0.793. The smallest absolute Gasteiger partial charge is 0.257 e. The summed E-state index contributed by atoms with van der Waals surface area (Å²) in [4.78, 5) is 22.3. The predicted octanol–water partition coefficient (Wildman–Crippen LogP) is 0.147. The van der Waals surface area contributed by atoms with Crippen molar-refractivity contribution in [3.05, 3.63) is 23.8 Å². The van der Waals surface area contributed by atoms with Crippen LogP contribution in [0.3, 0.4) is 0 Å². The molecule has 2 rings (SSSR count). The lowest BCUT2D eigenvalue weighted by Crippen LogP contribution is -2.37. The first-order valence-electron chi connectivity index (χ1n) is 6.97. The summed E-state index contributed by atoms with van der Waals surface area (Å²) < 4.78 is 24.5. The number of aryl methyl sites for hydroxylation is 1. The highest BCUT2D eigenvalue weighted by Crippen LogP contribution is 2.10. The number of nitrogens with zero attached hydrogens (tertiary/aromatic N) is 4. The Kier molecular flexibility index (Phi) is 4.89. The molecule has 0 unspecified atom stereocenters. The summed E-state index contributed by atoms with van der Waals surface area (Å²) in [5.74, 6) is 0.554. The van der Waals surface area contributed by atoms with E-state index < -0.39 is 10.0 Å². The van der Waals surface area contributed by atoms with E-state index in [1.165, 1.54) is 23.0 Å². The van der Waals surface area contributed by atoms with E-state index in [9.17, 15) is 13.2 Å². The number of sulfonamides is 1. The third kappa shape index (κ3) is 3.98. The minimum absolute atomic E-state index is 0.145. The summed E-state index contributed by atoms with van der Waals surface area (Å²) >= 11 is 0. The van der Waals surface area contributed by atoms with E-state index in [1.54, 1.807) is 4.90 Å². The predicted molar refractivity (Wildman–Crippen MR) is 78.3 cm³/mol. The Morgan fingerprint density at radius 2 is 1.86 bits per heavy atom. The first kappa shape index (κ1) is 15.8. The van der Waals surface area contributed by atoms with Crippen LogP contribution in [0.2, 0.25) is 0 Å². The molecular weight excluding hydrogens is 292 g/mol. The van der Waals surface area contributed by atoms with Crippen molar-refractivity contribution < 1.29 is 13.2 Å². The molecule has 2 heterocycles. The van der Waals surface area contributed by atoms with Crippen LogP contribution in [0.5, 0.6) is 0 Å². The number of amides is 1. The van der Waals surface area contributed by atoms with Gasteiger partial charge in [-0.15, -0.1) is 0 Å². The molecular formula is C13H20N4O3S. The number of carbonyl (C=O) groups excluding carboxylic acids is 1. The zero-order valence-electron chi connectivity index (χ0n) is 12.3. The Hall–Kier alpha value is -1.54. The van der Waals surface area contributed by atoms with Gasteiger partial charge in [0.2, 0.25) is 10.0 Å². The average Bonchev–Trinajstić information content (AvgIpc) is 2.72. The Morgan fingerprint density at radius 1 is 1.19 bits per heavy atom. The molecule has 1 aliphatic heterocycles. The lowest BCUT2D eigenvalue weighted by Gasteiger charge is -2.20. The molecule has 0 radical (unpaired) electrons. The third-order valence-electron chi connectivity index (χ3n) is 3.48. The van der Waals surface area contributed by atoms with Crippen LogP contribution >= 0.6 is 0 Å². The highest BCUT2D eigenvalue weighted by atomic mass is 32.2. The molecule has 0 atom stereocenters. The second-order valence-corrected chi connectivity index (χ2v) is 7.03. The van der Waals surface area contributed by atoms with Crippen molar-refractivity contribution in [1.29, 1.82) is 0 Å². The van der Waals surface area contributed by atoms with E-state index in [-0.39, 0.29) is 5.91 Å². The Labute approximate surface area is 125 Å². The zero-order valence-corrected chi connectivity index (χ0v) is 13.1. The molecule has 0 aromatic carbocycles. The van der Waals surface area contributed by atoms with Crippen LogP contribution in [0.15, 0.2) is 12.4 Å². The van der Waals surface area contributed by atoms with Crippen molar-refractivity contribution >= 4 is 15.9 Å². The van der Waals surface area contributed by atoms with Gasteiger partial charge in [0.1, 0.15) is 5.82 Å². The van der Waals surface area contributed by atoms with Crippen LogP contribution in [0.4, 0.5) is 0 Å². The lowest BCUT2D eigenvalue weighted by molar-refractivity contribution is 0.0763. The van der Waals surface area contributed by atoms with Crippen LogP contribution in [0.25, 0.3) is 0 Å².